The molecular formula is C23H24FN5O. The quantitative estimate of drug-likeness (QED) is 0.472. The third-order valence-corrected chi connectivity index (χ3v) is 5.21. The van der Waals surface area contributed by atoms with E-state index in [1.54, 1.807) is 23.0 Å². The molecule has 0 aliphatic carbocycles. The van der Waals surface area contributed by atoms with E-state index >= 15 is 0 Å². The molecule has 2 heterocycles. The predicted octanol–water partition coefficient (Wildman–Crippen LogP) is 4.05. The Morgan fingerprint density at radius 3 is 2.67 bits per heavy atom. The summed E-state index contributed by atoms with van der Waals surface area (Å²) in [5, 5.41) is 7.34. The van der Waals surface area contributed by atoms with Crippen LogP contribution in [0.25, 0.3) is 16.7 Å². The van der Waals surface area contributed by atoms with Crippen LogP contribution in [-0.4, -0.2) is 31.8 Å². The highest BCUT2D eigenvalue weighted by atomic mass is 19.1. The second kappa shape index (κ2) is 8.49. The average Bonchev–Trinajstić information content (AvgIpc) is 3.32. The third kappa shape index (κ3) is 3.83. The highest BCUT2D eigenvalue weighted by Crippen LogP contribution is 2.17. The van der Waals surface area contributed by atoms with Crippen molar-refractivity contribution in [2.24, 2.45) is 0 Å². The lowest BCUT2D eigenvalue weighted by atomic mass is 10.2. The number of hydrogen-bond donors (Lipinski definition) is 1. The number of carbonyl (C=O) groups excluding carboxylic acids is 1. The minimum Gasteiger partial charge on any atom is -0.352 e. The lowest BCUT2D eigenvalue weighted by Gasteiger charge is -2.10. The number of benzene rings is 2. The number of aromatic nitrogens is 4. The van der Waals surface area contributed by atoms with Crippen LogP contribution in [0.3, 0.4) is 0 Å². The van der Waals surface area contributed by atoms with Gasteiger partial charge in [-0.05, 0) is 56.2 Å². The van der Waals surface area contributed by atoms with Gasteiger partial charge in [0.2, 0.25) is 0 Å². The minimum atomic E-state index is -0.303. The third-order valence-electron chi connectivity index (χ3n) is 5.21. The highest BCUT2D eigenvalue weighted by molar-refractivity contribution is 5.95. The van der Waals surface area contributed by atoms with E-state index in [0.717, 1.165) is 41.2 Å². The van der Waals surface area contributed by atoms with Crippen LogP contribution < -0.4 is 5.32 Å². The Hall–Kier alpha value is -3.48. The molecule has 2 aromatic carbocycles. The molecule has 30 heavy (non-hydrogen) atoms. The summed E-state index contributed by atoms with van der Waals surface area (Å²) in [5.74, 6) is 0.520. The van der Waals surface area contributed by atoms with Crippen LogP contribution in [0.15, 0.2) is 54.7 Å². The largest absolute Gasteiger partial charge is 0.352 e. The van der Waals surface area contributed by atoms with Crippen molar-refractivity contribution >= 4 is 16.9 Å². The maximum atomic E-state index is 13.2. The van der Waals surface area contributed by atoms with Gasteiger partial charge in [-0.25, -0.2) is 14.1 Å². The van der Waals surface area contributed by atoms with Crippen LogP contribution in [0.2, 0.25) is 0 Å². The first kappa shape index (κ1) is 19.8. The first-order valence-corrected chi connectivity index (χ1v) is 10.1. The van der Waals surface area contributed by atoms with Gasteiger partial charge in [-0.1, -0.05) is 19.1 Å². The van der Waals surface area contributed by atoms with Gasteiger partial charge in [0.15, 0.2) is 0 Å². The number of fused-ring (bicyclic) bond motifs is 1. The van der Waals surface area contributed by atoms with Gasteiger partial charge < -0.3 is 9.88 Å². The number of para-hydroxylation sites is 2. The van der Waals surface area contributed by atoms with Crippen LogP contribution in [0, 0.1) is 12.7 Å². The first-order valence-electron chi connectivity index (χ1n) is 10.1. The van der Waals surface area contributed by atoms with Crippen molar-refractivity contribution in [3.8, 4) is 5.69 Å². The van der Waals surface area contributed by atoms with Gasteiger partial charge in [-0.3, -0.25) is 4.79 Å². The number of imidazole rings is 1. The maximum absolute atomic E-state index is 13.2. The molecule has 0 spiro atoms. The smallest absolute Gasteiger partial charge is 0.254 e. The number of amides is 1. The monoisotopic (exact) mass is 405 g/mol. The van der Waals surface area contributed by atoms with Crippen molar-refractivity contribution in [2.75, 3.05) is 6.54 Å². The average molecular weight is 405 g/mol. The summed E-state index contributed by atoms with van der Waals surface area (Å²) in [7, 11) is 0. The van der Waals surface area contributed by atoms with Crippen molar-refractivity contribution < 1.29 is 9.18 Å². The van der Waals surface area contributed by atoms with E-state index in [0.29, 0.717) is 18.5 Å². The summed E-state index contributed by atoms with van der Waals surface area (Å²) in [6.45, 7) is 5.30. The van der Waals surface area contributed by atoms with E-state index in [9.17, 15) is 9.18 Å². The molecule has 6 nitrogen and oxygen atoms in total. The Morgan fingerprint density at radius 2 is 1.90 bits per heavy atom. The molecule has 0 aliphatic rings. The highest BCUT2D eigenvalue weighted by Gasteiger charge is 2.17. The fourth-order valence-electron chi connectivity index (χ4n) is 3.72. The van der Waals surface area contributed by atoms with Gasteiger partial charge in [-0.2, -0.15) is 5.10 Å². The van der Waals surface area contributed by atoms with E-state index in [4.69, 9.17) is 0 Å². The number of nitrogens with one attached hydrogen (secondary N) is 1. The number of hydrogen-bond acceptors (Lipinski definition) is 3. The molecule has 0 atom stereocenters. The van der Waals surface area contributed by atoms with Gasteiger partial charge in [0.1, 0.15) is 11.6 Å². The standard InChI is InChI=1S/C23H24FN5O/c1-3-21-19(15-26-29(21)18-11-9-17(24)10-12-18)23(30)25-13-6-14-28-16(2)27-20-7-4-5-8-22(20)28/h4-5,7-12,15H,3,6,13-14H2,1-2H3,(H,25,30). The van der Waals surface area contributed by atoms with E-state index in [1.807, 2.05) is 32.0 Å². The van der Waals surface area contributed by atoms with Crippen molar-refractivity contribution in [1.29, 1.82) is 0 Å². The zero-order valence-corrected chi connectivity index (χ0v) is 17.1. The number of carbonyl (C=O) groups is 1. The lowest BCUT2D eigenvalue weighted by molar-refractivity contribution is 0.0952. The van der Waals surface area contributed by atoms with Crippen molar-refractivity contribution in [3.05, 3.63) is 77.6 Å². The molecule has 0 fully saturated rings. The van der Waals surface area contributed by atoms with E-state index in [-0.39, 0.29) is 11.7 Å². The SMILES string of the molecule is CCc1c(C(=O)NCCCn2c(C)nc3ccccc32)cnn1-c1ccc(F)cc1. The Bertz CT molecular complexity index is 1180. The second-order valence-corrected chi connectivity index (χ2v) is 7.16. The van der Waals surface area contributed by atoms with Gasteiger partial charge >= 0.3 is 0 Å². The van der Waals surface area contributed by atoms with Crippen LogP contribution in [0.5, 0.6) is 0 Å². The molecule has 1 N–H and O–H groups in total. The Morgan fingerprint density at radius 1 is 1.13 bits per heavy atom. The number of rotatable bonds is 7. The molecule has 154 valence electrons. The fourth-order valence-corrected chi connectivity index (χ4v) is 3.72. The molecule has 4 rings (SSSR count). The maximum Gasteiger partial charge on any atom is 0.254 e. The molecule has 4 aromatic rings. The summed E-state index contributed by atoms with van der Waals surface area (Å²) >= 11 is 0. The topological polar surface area (TPSA) is 64.7 Å². The van der Waals surface area contributed by atoms with Crippen LogP contribution in [0.4, 0.5) is 4.39 Å². The molecule has 0 saturated carbocycles. The Labute approximate surface area is 174 Å². The van der Waals surface area contributed by atoms with Crippen LogP contribution >= 0.6 is 0 Å². The lowest BCUT2D eigenvalue weighted by Crippen LogP contribution is -2.26. The van der Waals surface area contributed by atoms with E-state index < -0.39 is 0 Å². The summed E-state index contributed by atoms with van der Waals surface area (Å²) in [4.78, 5) is 17.3. The Balaban J connectivity index is 1.41. The predicted molar refractivity (Wildman–Crippen MR) is 114 cm³/mol. The molecular weight excluding hydrogens is 381 g/mol. The summed E-state index contributed by atoms with van der Waals surface area (Å²) in [6.07, 6.45) is 3.01. The number of aryl methyl sites for hydroxylation is 2. The number of nitrogens with zero attached hydrogens (tertiary/aromatic N) is 4. The first-order chi connectivity index (χ1) is 14.6. The Kier molecular flexibility index (Phi) is 5.61. The van der Waals surface area contributed by atoms with Crippen LogP contribution in [-0.2, 0) is 13.0 Å². The van der Waals surface area contributed by atoms with Crippen molar-refractivity contribution in [2.45, 2.75) is 33.2 Å². The molecule has 2 aromatic heterocycles. The summed E-state index contributed by atoms with van der Waals surface area (Å²) in [6, 6.07) is 14.1. The van der Waals surface area contributed by atoms with Gasteiger partial charge in [-0.15, -0.1) is 0 Å². The van der Waals surface area contributed by atoms with E-state index in [1.165, 1.54) is 12.1 Å². The molecule has 0 unspecified atom stereocenters. The molecule has 0 radical (unpaired) electrons. The zero-order chi connectivity index (χ0) is 21.1. The number of halogens is 1. The van der Waals surface area contributed by atoms with Crippen molar-refractivity contribution in [3.63, 3.8) is 0 Å². The summed E-state index contributed by atoms with van der Waals surface area (Å²) in [5.41, 5.74) is 4.17. The molecule has 1 amide bonds. The zero-order valence-electron chi connectivity index (χ0n) is 17.1. The molecule has 7 heteroatoms. The minimum absolute atomic E-state index is 0.146. The van der Waals surface area contributed by atoms with Gasteiger partial charge in [0, 0.05) is 13.1 Å². The molecule has 0 aliphatic heterocycles. The second-order valence-electron chi connectivity index (χ2n) is 7.16. The summed E-state index contributed by atoms with van der Waals surface area (Å²) < 4.78 is 17.1. The van der Waals surface area contributed by atoms with E-state index in [2.05, 4.69) is 26.0 Å². The van der Waals surface area contributed by atoms with Gasteiger partial charge in [0.25, 0.3) is 5.91 Å². The fraction of sp³-hybridized carbons (Fsp3) is 0.261. The molecule has 0 saturated heterocycles. The normalized spacial score (nSPS) is 11.2. The molecule has 0 bridgehead atoms. The van der Waals surface area contributed by atoms with Crippen LogP contribution in [0.1, 0.15) is 35.2 Å². The van der Waals surface area contributed by atoms with Crippen molar-refractivity contribution in [1.82, 2.24) is 24.6 Å². The van der Waals surface area contributed by atoms with Gasteiger partial charge in [0.05, 0.1) is 34.2 Å².